The Balaban J connectivity index is 2.27. The van der Waals surface area contributed by atoms with Crippen molar-refractivity contribution in [1.29, 1.82) is 0 Å². The molecule has 0 aromatic heterocycles. The van der Waals surface area contributed by atoms with Crippen molar-refractivity contribution in [2.45, 2.75) is 25.3 Å². The molecule has 0 aromatic carbocycles. The maximum absolute atomic E-state index is 10.4. The van der Waals surface area contributed by atoms with E-state index in [2.05, 4.69) is 0 Å². The second kappa shape index (κ2) is 4.81. The van der Waals surface area contributed by atoms with Gasteiger partial charge in [-0.2, -0.15) is 0 Å². The molecule has 4 heteroatoms. The van der Waals surface area contributed by atoms with Crippen LogP contribution in [0.4, 0.5) is 0 Å². The number of carboxylic acid groups (broad SMARTS) is 1. The summed E-state index contributed by atoms with van der Waals surface area (Å²) in [6.07, 6.45) is 8.03. The number of carboxylic acids is 1. The third-order valence-corrected chi connectivity index (χ3v) is 2.38. The van der Waals surface area contributed by atoms with Crippen LogP contribution in [0.25, 0.3) is 0 Å². The molecule has 0 saturated carbocycles. The molecule has 0 aliphatic heterocycles. The van der Waals surface area contributed by atoms with Gasteiger partial charge in [-0.3, -0.25) is 4.79 Å². The molecular weight excluding hydrogens is 180 g/mol. The molecule has 5 N–H and O–H groups in total. The van der Waals surface area contributed by atoms with E-state index >= 15 is 0 Å². The van der Waals surface area contributed by atoms with Crippen LogP contribution >= 0.6 is 0 Å². The van der Waals surface area contributed by atoms with E-state index in [0.29, 0.717) is 12.3 Å². The van der Waals surface area contributed by atoms with Gasteiger partial charge in [0.1, 0.15) is 6.04 Å². The van der Waals surface area contributed by atoms with Gasteiger partial charge in [0.2, 0.25) is 0 Å². The van der Waals surface area contributed by atoms with E-state index in [1.165, 1.54) is 0 Å². The lowest BCUT2D eigenvalue weighted by molar-refractivity contribution is -0.138. The van der Waals surface area contributed by atoms with Crippen LogP contribution < -0.4 is 11.5 Å². The lowest BCUT2D eigenvalue weighted by Crippen LogP contribution is -2.30. The van der Waals surface area contributed by atoms with Crippen LogP contribution in [-0.4, -0.2) is 17.1 Å². The minimum absolute atomic E-state index is 0.382. The summed E-state index contributed by atoms with van der Waals surface area (Å²) in [7, 11) is 0. The summed E-state index contributed by atoms with van der Waals surface area (Å²) in [5, 5.41) is 8.58. The van der Waals surface area contributed by atoms with E-state index in [0.717, 1.165) is 18.5 Å². The standard InChI is InChI=1S/C10H16N2O2/c11-8-4-1-7(2-5-8)3-6-9(12)10(13)14/h1,4-5,7,9H,2-3,6,11-12H2,(H,13,14)/t7-,9-/m0/s1. The molecule has 78 valence electrons. The largest absolute Gasteiger partial charge is 0.480 e. The second-order valence-electron chi connectivity index (χ2n) is 3.58. The van der Waals surface area contributed by atoms with Gasteiger partial charge in [-0.15, -0.1) is 0 Å². The van der Waals surface area contributed by atoms with E-state index in [9.17, 15) is 4.79 Å². The Hall–Kier alpha value is -1.29. The molecule has 1 aliphatic carbocycles. The number of hydrogen-bond donors (Lipinski definition) is 3. The summed E-state index contributed by atoms with van der Waals surface area (Å²) >= 11 is 0. The van der Waals surface area contributed by atoms with Gasteiger partial charge in [-0.25, -0.2) is 0 Å². The summed E-state index contributed by atoms with van der Waals surface area (Å²) < 4.78 is 0. The Labute approximate surface area is 83.3 Å². The van der Waals surface area contributed by atoms with Crippen molar-refractivity contribution in [2.75, 3.05) is 0 Å². The topological polar surface area (TPSA) is 89.3 Å². The number of allylic oxidation sites excluding steroid dienone is 3. The Kier molecular flexibility index (Phi) is 3.71. The van der Waals surface area contributed by atoms with Gasteiger partial charge >= 0.3 is 5.97 Å². The van der Waals surface area contributed by atoms with Crippen LogP contribution in [0.1, 0.15) is 19.3 Å². The predicted molar refractivity (Wildman–Crippen MR) is 54.4 cm³/mol. The number of hydrogen-bond acceptors (Lipinski definition) is 3. The number of nitrogens with two attached hydrogens (primary N) is 2. The number of aliphatic carboxylic acids is 1. The highest BCUT2D eigenvalue weighted by molar-refractivity contribution is 5.72. The maximum Gasteiger partial charge on any atom is 0.320 e. The molecule has 4 nitrogen and oxygen atoms in total. The third kappa shape index (κ3) is 3.22. The first-order chi connectivity index (χ1) is 6.59. The van der Waals surface area contributed by atoms with Crippen molar-refractivity contribution in [2.24, 2.45) is 17.4 Å². The maximum atomic E-state index is 10.4. The second-order valence-corrected chi connectivity index (χ2v) is 3.58. The summed E-state index contributed by atoms with van der Waals surface area (Å²) in [5.74, 6) is -0.549. The summed E-state index contributed by atoms with van der Waals surface area (Å²) in [6, 6.07) is -0.744. The molecule has 0 radical (unpaired) electrons. The quantitative estimate of drug-likeness (QED) is 0.614. The van der Waals surface area contributed by atoms with E-state index in [1.807, 2.05) is 18.2 Å². The van der Waals surface area contributed by atoms with E-state index < -0.39 is 12.0 Å². The van der Waals surface area contributed by atoms with Gasteiger partial charge in [0.25, 0.3) is 0 Å². The molecule has 1 aliphatic rings. The first kappa shape index (κ1) is 10.8. The Bertz CT molecular complexity index is 271. The molecular formula is C10H16N2O2. The summed E-state index contributed by atoms with van der Waals surface area (Å²) in [4.78, 5) is 10.4. The molecule has 0 bridgehead atoms. The highest BCUT2D eigenvalue weighted by atomic mass is 16.4. The third-order valence-electron chi connectivity index (χ3n) is 2.38. The molecule has 0 heterocycles. The zero-order valence-electron chi connectivity index (χ0n) is 8.02. The molecule has 0 unspecified atom stereocenters. The Morgan fingerprint density at radius 2 is 2.43 bits per heavy atom. The van der Waals surface area contributed by atoms with E-state index in [4.69, 9.17) is 16.6 Å². The zero-order valence-corrected chi connectivity index (χ0v) is 8.02. The lowest BCUT2D eigenvalue weighted by Gasteiger charge is -2.15. The molecule has 0 spiro atoms. The van der Waals surface area contributed by atoms with Gasteiger partial charge in [0.15, 0.2) is 0 Å². The monoisotopic (exact) mass is 196 g/mol. The van der Waals surface area contributed by atoms with Gasteiger partial charge in [0.05, 0.1) is 0 Å². The smallest absolute Gasteiger partial charge is 0.320 e. The molecule has 0 aromatic rings. The first-order valence-corrected chi connectivity index (χ1v) is 4.72. The zero-order chi connectivity index (χ0) is 10.6. The minimum Gasteiger partial charge on any atom is -0.480 e. The van der Waals surface area contributed by atoms with Crippen molar-refractivity contribution in [3.05, 3.63) is 23.9 Å². The fourth-order valence-corrected chi connectivity index (χ4v) is 1.41. The van der Waals surface area contributed by atoms with Gasteiger partial charge in [-0.1, -0.05) is 12.2 Å². The molecule has 0 saturated heterocycles. The molecule has 0 amide bonds. The number of rotatable bonds is 4. The van der Waals surface area contributed by atoms with Crippen LogP contribution in [-0.2, 0) is 4.79 Å². The fourth-order valence-electron chi connectivity index (χ4n) is 1.41. The highest BCUT2D eigenvalue weighted by Crippen LogP contribution is 2.19. The van der Waals surface area contributed by atoms with E-state index in [-0.39, 0.29) is 0 Å². The van der Waals surface area contributed by atoms with Gasteiger partial charge < -0.3 is 16.6 Å². The van der Waals surface area contributed by atoms with Crippen LogP contribution in [0, 0.1) is 5.92 Å². The first-order valence-electron chi connectivity index (χ1n) is 4.72. The van der Waals surface area contributed by atoms with Crippen molar-refractivity contribution in [3.63, 3.8) is 0 Å². The van der Waals surface area contributed by atoms with E-state index in [1.54, 1.807) is 0 Å². The van der Waals surface area contributed by atoms with Gasteiger partial charge in [0, 0.05) is 5.70 Å². The summed E-state index contributed by atoms with van der Waals surface area (Å²) in [6.45, 7) is 0. The highest BCUT2D eigenvalue weighted by Gasteiger charge is 2.14. The van der Waals surface area contributed by atoms with Crippen molar-refractivity contribution in [1.82, 2.24) is 0 Å². The fraction of sp³-hybridized carbons (Fsp3) is 0.500. The predicted octanol–water partition coefficient (Wildman–Crippen LogP) is 0.597. The van der Waals surface area contributed by atoms with Crippen LogP contribution in [0.3, 0.4) is 0 Å². The van der Waals surface area contributed by atoms with Crippen molar-refractivity contribution >= 4 is 5.97 Å². The Morgan fingerprint density at radius 1 is 1.71 bits per heavy atom. The van der Waals surface area contributed by atoms with Crippen molar-refractivity contribution < 1.29 is 9.90 Å². The SMILES string of the molecule is NC1=CC[C@@H](CC[C@H](N)C(=O)O)C=C1. The average molecular weight is 196 g/mol. The van der Waals surface area contributed by atoms with Crippen LogP contribution in [0.5, 0.6) is 0 Å². The lowest BCUT2D eigenvalue weighted by atomic mass is 9.93. The Morgan fingerprint density at radius 3 is 2.93 bits per heavy atom. The normalized spacial score (nSPS) is 22.9. The minimum atomic E-state index is -0.931. The summed E-state index contributed by atoms with van der Waals surface area (Å²) in [5.41, 5.74) is 11.7. The van der Waals surface area contributed by atoms with Crippen molar-refractivity contribution in [3.8, 4) is 0 Å². The van der Waals surface area contributed by atoms with Crippen LogP contribution in [0.2, 0.25) is 0 Å². The molecule has 14 heavy (non-hydrogen) atoms. The molecule has 1 rings (SSSR count). The molecule has 2 atom stereocenters. The molecule has 0 fully saturated rings. The number of carbonyl (C=O) groups is 1. The average Bonchev–Trinajstić information content (AvgIpc) is 2.16. The van der Waals surface area contributed by atoms with Gasteiger partial charge in [-0.05, 0) is 31.3 Å². The van der Waals surface area contributed by atoms with Crippen LogP contribution in [0.15, 0.2) is 23.9 Å².